The van der Waals surface area contributed by atoms with Gasteiger partial charge in [0.15, 0.2) is 0 Å². The fourth-order valence-electron chi connectivity index (χ4n) is 1.09. The molecule has 3 heteroatoms. The summed E-state index contributed by atoms with van der Waals surface area (Å²) in [5.41, 5.74) is 0.486. The van der Waals surface area contributed by atoms with Gasteiger partial charge in [-0.05, 0) is 6.92 Å². The van der Waals surface area contributed by atoms with Crippen molar-refractivity contribution in [1.29, 1.82) is 0 Å². The molecular formula is C10H13O3. The Morgan fingerprint density at radius 1 is 1.31 bits per heavy atom. The summed E-state index contributed by atoms with van der Waals surface area (Å²) in [4.78, 5) is 0. The zero-order chi connectivity index (χ0) is 9.73. The first kappa shape index (κ1) is 10.2. The van der Waals surface area contributed by atoms with Gasteiger partial charge in [-0.3, -0.25) is 0 Å². The Bertz CT molecular complexity index is 248. The molecule has 0 spiro atoms. The van der Waals surface area contributed by atoms with Gasteiger partial charge < -0.3 is 9.47 Å². The molecule has 1 radical (unpaired) electrons. The molecule has 0 aliphatic carbocycles. The van der Waals surface area contributed by atoms with Crippen LogP contribution >= 0.6 is 0 Å². The van der Waals surface area contributed by atoms with Gasteiger partial charge >= 0.3 is 5.97 Å². The summed E-state index contributed by atoms with van der Waals surface area (Å²) in [6, 6.07) is 8.77. The summed E-state index contributed by atoms with van der Waals surface area (Å²) in [6.45, 7) is 2.08. The van der Waals surface area contributed by atoms with E-state index < -0.39 is 5.97 Å². The molecule has 13 heavy (non-hydrogen) atoms. The second-order valence-corrected chi connectivity index (χ2v) is 2.56. The van der Waals surface area contributed by atoms with Crippen molar-refractivity contribution < 1.29 is 14.6 Å². The third-order valence-electron chi connectivity index (χ3n) is 1.73. The fraction of sp³-hybridized carbons (Fsp3) is 0.400. The van der Waals surface area contributed by atoms with E-state index in [1.807, 2.05) is 6.07 Å². The van der Waals surface area contributed by atoms with E-state index in [1.165, 1.54) is 7.11 Å². The van der Waals surface area contributed by atoms with Crippen LogP contribution in [0.2, 0.25) is 0 Å². The van der Waals surface area contributed by atoms with Crippen LogP contribution in [0.15, 0.2) is 30.3 Å². The van der Waals surface area contributed by atoms with E-state index in [9.17, 15) is 5.11 Å². The van der Waals surface area contributed by atoms with Crippen LogP contribution in [0.25, 0.3) is 0 Å². The fourth-order valence-corrected chi connectivity index (χ4v) is 1.09. The molecule has 0 aromatic heterocycles. The predicted octanol–water partition coefficient (Wildman–Crippen LogP) is 1.91. The van der Waals surface area contributed by atoms with Crippen molar-refractivity contribution in [3.05, 3.63) is 35.9 Å². The second kappa shape index (κ2) is 4.37. The van der Waals surface area contributed by atoms with E-state index in [-0.39, 0.29) is 0 Å². The van der Waals surface area contributed by atoms with E-state index in [2.05, 4.69) is 0 Å². The standard InChI is InChI=1S/C10H13O3/c1-3-13-10(11,12-2)9-7-5-4-6-8-9/h4-8H,3H2,1-2H3. The number of methoxy groups -OCH3 is 1. The summed E-state index contributed by atoms with van der Waals surface area (Å²) in [6.07, 6.45) is 0. The molecule has 0 aliphatic rings. The monoisotopic (exact) mass is 181 g/mol. The van der Waals surface area contributed by atoms with Crippen LogP contribution in [-0.2, 0) is 20.6 Å². The molecular weight excluding hydrogens is 168 g/mol. The van der Waals surface area contributed by atoms with E-state index in [4.69, 9.17) is 9.47 Å². The SMILES string of the molecule is CCOC([O])(OC)c1ccccc1. The van der Waals surface area contributed by atoms with Gasteiger partial charge in [-0.25, -0.2) is 0 Å². The summed E-state index contributed by atoms with van der Waals surface area (Å²) in [7, 11) is 1.34. The topological polar surface area (TPSA) is 38.4 Å². The number of ether oxygens (including phenoxy) is 2. The number of hydrogen-bond donors (Lipinski definition) is 0. The number of benzene rings is 1. The largest absolute Gasteiger partial charge is 0.340 e. The van der Waals surface area contributed by atoms with Gasteiger partial charge in [0.25, 0.3) is 0 Å². The Balaban J connectivity index is 2.89. The minimum Gasteiger partial charge on any atom is -0.325 e. The van der Waals surface area contributed by atoms with E-state index in [0.29, 0.717) is 12.2 Å². The highest BCUT2D eigenvalue weighted by molar-refractivity contribution is 5.17. The highest BCUT2D eigenvalue weighted by atomic mass is 16.8. The van der Waals surface area contributed by atoms with Crippen LogP contribution in [0, 0.1) is 0 Å². The Morgan fingerprint density at radius 3 is 2.38 bits per heavy atom. The lowest BCUT2D eigenvalue weighted by Gasteiger charge is -2.23. The van der Waals surface area contributed by atoms with Crippen molar-refractivity contribution in [1.82, 2.24) is 0 Å². The lowest BCUT2D eigenvalue weighted by molar-refractivity contribution is -0.390. The van der Waals surface area contributed by atoms with Crippen molar-refractivity contribution in [2.45, 2.75) is 12.9 Å². The molecule has 1 unspecified atom stereocenters. The molecule has 0 bridgehead atoms. The minimum atomic E-state index is -1.87. The van der Waals surface area contributed by atoms with Crippen LogP contribution in [0.5, 0.6) is 0 Å². The van der Waals surface area contributed by atoms with E-state index in [1.54, 1.807) is 31.2 Å². The average molecular weight is 181 g/mol. The molecule has 0 fully saturated rings. The number of rotatable bonds is 4. The molecule has 1 aromatic carbocycles. The molecule has 0 amide bonds. The van der Waals surface area contributed by atoms with Gasteiger partial charge in [-0.15, -0.1) is 0 Å². The normalized spacial score (nSPS) is 15.3. The minimum absolute atomic E-state index is 0.326. The van der Waals surface area contributed by atoms with Gasteiger partial charge in [0.1, 0.15) is 0 Å². The lowest BCUT2D eigenvalue weighted by atomic mass is 10.2. The van der Waals surface area contributed by atoms with Crippen LogP contribution in [0.4, 0.5) is 0 Å². The van der Waals surface area contributed by atoms with Gasteiger partial charge in [-0.2, -0.15) is 5.11 Å². The van der Waals surface area contributed by atoms with Crippen LogP contribution in [-0.4, -0.2) is 13.7 Å². The Labute approximate surface area is 77.9 Å². The molecule has 1 atom stereocenters. The van der Waals surface area contributed by atoms with Crippen LogP contribution in [0.1, 0.15) is 12.5 Å². The molecule has 1 aromatic rings. The van der Waals surface area contributed by atoms with Crippen LogP contribution < -0.4 is 0 Å². The van der Waals surface area contributed by atoms with E-state index >= 15 is 0 Å². The summed E-state index contributed by atoms with van der Waals surface area (Å²) in [5, 5.41) is 11.8. The molecule has 0 aliphatic heterocycles. The third-order valence-corrected chi connectivity index (χ3v) is 1.73. The van der Waals surface area contributed by atoms with Gasteiger partial charge in [0.05, 0.1) is 6.61 Å². The number of hydrogen-bond acceptors (Lipinski definition) is 2. The summed E-state index contributed by atoms with van der Waals surface area (Å²) in [5.74, 6) is -1.87. The maximum Gasteiger partial charge on any atom is 0.340 e. The van der Waals surface area contributed by atoms with Crippen molar-refractivity contribution in [2.24, 2.45) is 0 Å². The van der Waals surface area contributed by atoms with Crippen molar-refractivity contribution in [3.8, 4) is 0 Å². The summed E-state index contributed by atoms with van der Waals surface area (Å²) < 4.78 is 9.77. The van der Waals surface area contributed by atoms with Gasteiger partial charge in [0, 0.05) is 12.7 Å². The smallest absolute Gasteiger partial charge is 0.325 e. The molecule has 0 heterocycles. The molecule has 3 nitrogen and oxygen atoms in total. The Hall–Kier alpha value is -0.900. The van der Waals surface area contributed by atoms with Crippen molar-refractivity contribution in [2.75, 3.05) is 13.7 Å². The first-order valence-corrected chi connectivity index (χ1v) is 4.18. The third kappa shape index (κ3) is 2.28. The zero-order valence-corrected chi connectivity index (χ0v) is 7.82. The van der Waals surface area contributed by atoms with Gasteiger partial charge in [-0.1, -0.05) is 30.3 Å². The first-order chi connectivity index (χ1) is 6.23. The lowest BCUT2D eigenvalue weighted by Crippen LogP contribution is -2.29. The summed E-state index contributed by atoms with van der Waals surface area (Å²) >= 11 is 0. The predicted molar refractivity (Wildman–Crippen MR) is 47.4 cm³/mol. The van der Waals surface area contributed by atoms with Crippen molar-refractivity contribution >= 4 is 0 Å². The van der Waals surface area contributed by atoms with Crippen LogP contribution in [0.3, 0.4) is 0 Å². The van der Waals surface area contributed by atoms with Crippen molar-refractivity contribution in [3.63, 3.8) is 0 Å². The maximum absolute atomic E-state index is 11.8. The van der Waals surface area contributed by atoms with Gasteiger partial charge in [0.2, 0.25) is 0 Å². The molecule has 71 valence electrons. The quantitative estimate of drug-likeness (QED) is 0.665. The Kier molecular flexibility index (Phi) is 3.42. The zero-order valence-electron chi connectivity index (χ0n) is 7.82. The Morgan fingerprint density at radius 2 is 1.92 bits per heavy atom. The first-order valence-electron chi connectivity index (χ1n) is 4.18. The molecule has 0 N–H and O–H groups in total. The average Bonchev–Trinajstić information content (AvgIpc) is 2.19. The highest BCUT2D eigenvalue weighted by Gasteiger charge is 2.31. The molecule has 1 rings (SSSR count). The molecule has 0 saturated heterocycles. The van der Waals surface area contributed by atoms with E-state index in [0.717, 1.165) is 0 Å². The molecule has 0 saturated carbocycles. The second-order valence-electron chi connectivity index (χ2n) is 2.56. The maximum atomic E-state index is 11.8. The highest BCUT2D eigenvalue weighted by Crippen LogP contribution is 2.23.